The van der Waals surface area contributed by atoms with Crippen molar-refractivity contribution in [2.45, 2.75) is 32.9 Å². The lowest BCUT2D eigenvalue weighted by molar-refractivity contribution is -0.149. The smallest absolute Gasteiger partial charge is 0.307 e. The van der Waals surface area contributed by atoms with Gasteiger partial charge in [-0.2, -0.15) is 0 Å². The van der Waals surface area contributed by atoms with Crippen LogP contribution in [-0.2, 0) is 25.7 Å². The fourth-order valence-corrected chi connectivity index (χ4v) is 3.62. The molecule has 2 aromatic carbocycles. The Morgan fingerprint density at radius 1 is 1.09 bits per heavy atom. The molecule has 1 unspecified atom stereocenters. The van der Waals surface area contributed by atoms with Crippen molar-refractivity contribution in [3.8, 4) is 0 Å². The third-order valence-electron chi connectivity index (χ3n) is 5.45. The van der Waals surface area contributed by atoms with Crippen molar-refractivity contribution >= 4 is 29.4 Å². The highest BCUT2D eigenvalue weighted by molar-refractivity contribution is 5.96. The molecule has 3 N–H and O–H groups in total. The van der Waals surface area contributed by atoms with E-state index in [4.69, 9.17) is 4.74 Å². The second-order valence-electron chi connectivity index (χ2n) is 8.85. The standard InChI is InChI=1S/C26H32N4O5/c1-18(2)17-35-24(32)14-22-26(34)27-12-13-30(22)16-23(31)29-21-10-8-20(9-11-21)25(33)28-15-19-6-4-3-5-7-19/h3-11,18,22H,12-17H2,1-2H3,(H,27,34)(H,28,33)(H,29,31). The molecule has 0 bridgehead atoms. The summed E-state index contributed by atoms with van der Waals surface area (Å²) in [5, 5.41) is 8.38. The zero-order valence-corrected chi connectivity index (χ0v) is 20.1. The normalized spacial score (nSPS) is 15.9. The summed E-state index contributed by atoms with van der Waals surface area (Å²) in [6.45, 7) is 5.37. The van der Waals surface area contributed by atoms with Crippen LogP contribution < -0.4 is 16.0 Å². The Hall–Kier alpha value is -3.72. The Balaban J connectivity index is 1.51. The third kappa shape index (κ3) is 8.22. The van der Waals surface area contributed by atoms with E-state index in [1.807, 2.05) is 44.2 Å². The number of esters is 1. The molecule has 9 nitrogen and oxygen atoms in total. The van der Waals surface area contributed by atoms with E-state index in [0.29, 0.717) is 30.9 Å². The number of benzene rings is 2. The molecule has 0 saturated carbocycles. The largest absolute Gasteiger partial charge is 0.465 e. The van der Waals surface area contributed by atoms with Crippen molar-refractivity contribution < 1.29 is 23.9 Å². The summed E-state index contributed by atoms with van der Waals surface area (Å²) in [5.41, 5.74) is 2.01. The molecule has 1 saturated heterocycles. The number of nitrogens with zero attached hydrogens (tertiary/aromatic N) is 1. The topological polar surface area (TPSA) is 117 Å². The minimum Gasteiger partial charge on any atom is -0.465 e. The van der Waals surface area contributed by atoms with Crippen molar-refractivity contribution in [1.29, 1.82) is 0 Å². The van der Waals surface area contributed by atoms with Crippen LogP contribution in [0.2, 0.25) is 0 Å². The summed E-state index contributed by atoms with van der Waals surface area (Å²) in [4.78, 5) is 51.1. The van der Waals surface area contributed by atoms with Gasteiger partial charge in [0, 0.05) is 30.9 Å². The van der Waals surface area contributed by atoms with Gasteiger partial charge in [-0.15, -0.1) is 0 Å². The molecule has 2 aromatic rings. The number of rotatable bonds is 10. The van der Waals surface area contributed by atoms with E-state index in [1.165, 1.54) is 0 Å². The van der Waals surface area contributed by atoms with E-state index >= 15 is 0 Å². The average molecular weight is 481 g/mol. The first-order chi connectivity index (χ1) is 16.8. The molecule has 1 heterocycles. The summed E-state index contributed by atoms with van der Waals surface area (Å²) in [7, 11) is 0. The summed E-state index contributed by atoms with van der Waals surface area (Å²) in [6, 6.07) is 15.4. The second-order valence-corrected chi connectivity index (χ2v) is 8.85. The SMILES string of the molecule is CC(C)COC(=O)CC1C(=O)NCCN1CC(=O)Nc1ccc(C(=O)NCc2ccccc2)cc1. The van der Waals surface area contributed by atoms with E-state index in [0.717, 1.165) is 5.56 Å². The molecule has 1 atom stereocenters. The maximum absolute atomic E-state index is 12.6. The molecule has 1 aliphatic heterocycles. The second kappa shape index (κ2) is 12.7. The molecular formula is C26H32N4O5. The Kier molecular flexibility index (Phi) is 9.37. The Morgan fingerprint density at radius 3 is 2.49 bits per heavy atom. The number of piperazine rings is 1. The number of hydrogen-bond donors (Lipinski definition) is 3. The maximum atomic E-state index is 12.6. The number of carbonyl (C=O) groups excluding carboxylic acids is 4. The summed E-state index contributed by atoms with van der Waals surface area (Å²) >= 11 is 0. The molecular weight excluding hydrogens is 448 g/mol. The van der Waals surface area contributed by atoms with Gasteiger partial charge in [0.05, 0.1) is 19.6 Å². The molecule has 0 radical (unpaired) electrons. The Bertz CT molecular complexity index is 1020. The van der Waals surface area contributed by atoms with Crippen molar-refractivity contribution in [2.75, 3.05) is 31.6 Å². The Labute approximate surface area is 205 Å². The molecule has 3 rings (SSSR count). The van der Waals surface area contributed by atoms with Gasteiger partial charge in [-0.25, -0.2) is 0 Å². The van der Waals surface area contributed by atoms with E-state index in [1.54, 1.807) is 29.2 Å². The molecule has 0 aromatic heterocycles. The van der Waals surface area contributed by atoms with Crippen LogP contribution in [0.3, 0.4) is 0 Å². The van der Waals surface area contributed by atoms with Gasteiger partial charge in [0.2, 0.25) is 11.8 Å². The van der Waals surface area contributed by atoms with Crippen LogP contribution in [0.4, 0.5) is 5.69 Å². The fourth-order valence-electron chi connectivity index (χ4n) is 3.62. The summed E-state index contributed by atoms with van der Waals surface area (Å²) in [5.74, 6) is -1.09. The van der Waals surface area contributed by atoms with Gasteiger partial charge < -0.3 is 20.7 Å². The number of anilines is 1. The van der Waals surface area contributed by atoms with Crippen molar-refractivity contribution in [3.63, 3.8) is 0 Å². The lowest BCUT2D eigenvalue weighted by Crippen LogP contribution is -2.57. The maximum Gasteiger partial charge on any atom is 0.307 e. The Morgan fingerprint density at radius 2 is 1.80 bits per heavy atom. The van der Waals surface area contributed by atoms with E-state index in [9.17, 15) is 19.2 Å². The summed E-state index contributed by atoms with van der Waals surface area (Å²) in [6.07, 6.45) is -0.112. The highest BCUT2D eigenvalue weighted by Crippen LogP contribution is 2.13. The van der Waals surface area contributed by atoms with E-state index < -0.39 is 12.0 Å². The van der Waals surface area contributed by atoms with Crippen LogP contribution in [0.25, 0.3) is 0 Å². The minimum absolute atomic E-state index is 0.0468. The lowest BCUT2D eigenvalue weighted by atomic mass is 10.1. The number of ether oxygens (including phenoxy) is 1. The van der Waals surface area contributed by atoms with Crippen LogP contribution in [0.5, 0.6) is 0 Å². The third-order valence-corrected chi connectivity index (χ3v) is 5.45. The first kappa shape index (κ1) is 25.9. The predicted molar refractivity (Wildman–Crippen MR) is 131 cm³/mol. The van der Waals surface area contributed by atoms with Gasteiger partial charge in [-0.05, 0) is 35.7 Å². The molecule has 3 amide bonds. The van der Waals surface area contributed by atoms with Crippen molar-refractivity contribution in [2.24, 2.45) is 5.92 Å². The fraction of sp³-hybridized carbons (Fsp3) is 0.385. The van der Waals surface area contributed by atoms with Crippen molar-refractivity contribution in [1.82, 2.24) is 15.5 Å². The lowest BCUT2D eigenvalue weighted by Gasteiger charge is -2.33. The van der Waals surface area contributed by atoms with E-state index in [-0.39, 0.29) is 43.2 Å². The molecule has 0 spiro atoms. The quantitative estimate of drug-likeness (QED) is 0.448. The monoisotopic (exact) mass is 480 g/mol. The number of amides is 3. The first-order valence-corrected chi connectivity index (χ1v) is 11.7. The van der Waals surface area contributed by atoms with Gasteiger partial charge in [-0.1, -0.05) is 44.2 Å². The van der Waals surface area contributed by atoms with Crippen LogP contribution in [0, 0.1) is 5.92 Å². The molecule has 1 fully saturated rings. The van der Waals surface area contributed by atoms with Gasteiger partial charge in [0.25, 0.3) is 5.91 Å². The van der Waals surface area contributed by atoms with Crippen LogP contribution >= 0.6 is 0 Å². The molecule has 35 heavy (non-hydrogen) atoms. The zero-order valence-electron chi connectivity index (χ0n) is 20.1. The molecule has 9 heteroatoms. The van der Waals surface area contributed by atoms with Crippen LogP contribution in [0.1, 0.15) is 36.2 Å². The number of nitrogens with one attached hydrogen (secondary N) is 3. The first-order valence-electron chi connectivity index (χ1n) is 11.7. The summed E-state index contributed by atoms with van der Waals surface area (Å²) < 4.78 is 5.20. The number of carbonyl (C=O) groups is 4. The molecule has 0 aliphatic carbocycles. The van der Waals surface area contributed by atoms with E-state index in [2.05, 4.69) is 16.0 Å². The number of hydrogen-bond acceptors (Lipinski definition) is 6. The highest BCUT2D eigenvalue weighted by atomic mass is 16.5. The van der Waals surface area contributed by atoms with Gasteiger partial charge in [-0.3, -0.25) is 24.1 Å². The van der Waals surface area contributed by atoms with Gasteiger partial charge in [0.1, 0.15) is 6.04 Å². The van der Waals surface area contributed by atoms with Crippen LogP contribution in [0.15, 0.2) is 54.6 Å². The molecule has 186 valence electrons. The average Bonchev–Trinajstić information content (AvgIpc) is 2.84. The van der Waals surface area contributed by atoms with Gasteiger partial charge in [0.15, 0.2) is 0 Å². The zero-order chi connectivity index (χ0) is 25.2. The minimum atomic E-state index is -0.759. The van der Waals surface area contributed by atoms with Gasteiger partial charge >= 0.3 is 5.97 Å². The highest BCUT2D eigenvalue weighted by Gasteiger charge is 2.33. The predicted octanol–water partition coefficient (Wildman–Crippen LogP) is 1.94. The van der Waals surface area contributed by atoms with Crippen LogP contribution in [-0.4, -0.2) is 60.9 Å². The molecule has 1 aliphatic rings. The van der Waals surface area contributed by atoms with Crippen molar-refractivity contribution in [3.05, 3.63) is 65.7 Å².